The van der Waals surface area contributed by atoms with E-state index in [-0.39, 0.29) is 29.5 Å². The summed E-state index contributed by atoms with van der Waals surface area (Å²) in [7, 11) is -0.220. The van der Waals surface area contributed by atoms with E-state index in [4.69, 9.17) is 0 Å². The summed E-state index contributed by atoms with van der Waals surface area (Å²) in [4.78, 5) is 12.0. The molecule has 0 bridgehead atoms. The van der Waals surface area contributed by atoms with Gasteiger partial charge in [0.25, 0.3) is 0 Å². The Balaban J connectivity index is 1.75. The van der Waals surface area contributed by atoms with Crippen LogP contribution in [0, 0.1) is 11.3 Å². The first kappa shape index (κ1) is 14.7. The third-order valence-corrected chi connectivity index (χ3v) is 6.15. The molecule has 2 rings (SSSR count). The highest BCUT2D eigenvalue weighted by Gasteiger charge is 2.57. The number of sulfonamides is 1. The zero-order chi connectivity index (χ0) is 14.1. The molecule has 0 aromatic rings. The zero-order valence-electron chi connectivity index (χ0n) is 11.6. The topological polar surface area (TPSA) is 78.5 Å². The number of carbonyl (C=O) groups is 1. The van der Waals surface area contributed by atoms with Crippen molar-refractivity contribution in [2.24, 2.45) is 11.3 Å². The van der Waals surface area contributed by atoms with Crippen LogP contribution in [0.3, 0.4) is 0 Å². The van der Waals surface area contributed by atoms with Gasteiger partial charge < -0.3 is 10.6 Å². The van der Waals surface area contributed by atoms with Gasteiger partial charge in [-0.05, 0) is 37.8 Å². The van der Waals surface area contributed by atoms with Crippen LogP contribution < -0.4 is 10.6 Å². The van der Waals surface area contributed by atoms with Gasteiger partial charge in [0.05, 0.1) is 5.75 Å². The maximum atomic E-state index is 12.0. The lowest BCUT2D eigenvalue weighted by Gasteiger charge is -2.23. The van der Waals surface area contributed by atoms with Crippen LogP contribution in [0.25, 0.3) is 0 Å². The average molecular weight is 289 g/mol. The lowest BCUT2D eigenvalue weighted by Crippen LogP contribution is -2.37. The molecule has 2 fully saturated rings. The van der Waals surface area contributed by atoms with Crippen LogP contribution in [0.15, 0.2) is 0 Å². The van der Waals surface area contributed by atoms with E-state index in [9.17, 15) is 13.2 Å². The first-order valence-corrected chi connectivity index (χ1v) is 8.37. The fourth-order valence-electron chi connectivity index (χ4n) is 2.80. The number of nitrogens with one attached hydrogen (secondary N) is 2. The Morgan fingerprint density at radius 1 is 1.37 bits per heavy atom. The number of nitrogens with zero attached hydrogens (tertiary/aromatic N) is 1. The van der Waals surface area contributed by atoms with Crippen molar-refractivity contribution in [3.05, 3.63) is 0 Å². The largest absolute Gasteiger partial charge is 0.355 e. The molecule has 2 aliphatic rings. The molecule has 7 heteroatoms. The zero-order valence-corrected chi connectivity index (χ0v) is 12.4. The van der Waals surface area contributed by atoms with E-state index in [2.05, 4.69) is 10.6 Å². The third-order valence-electron chi connectivity index (χ3n) is 4.32. The first-order valence-electron chi connectivity index (χ1n) is 6.76. The Morgan fingerprint density at radius 3 is 2.58 bits per heavy atom. The number of rotatable bonds is 5. The Bertz CT molecular complexity index is 441. The molecule has 0 aromatic carbocycles. The predicted octanol–water partition coefficient (Wildman–Crippen LogP) is -0.616. The summed E-state index contributed by atoms with van der Waals surface area (Å²) in [6, 6.07) is 0. The van der Waals surface area contributed by atoms with Crippen LogP contribution in [0.4, 0.5) is 0 Å². The summed E-state index contributed by atoms with van der Waals surface area (Å²) >= 11 is 0. The van der Waals surface area contributed by atoms with Crippen LogP contribution in [-0.4, -0.2) is 58.1 Å². The minimum atomic E-state index is -3.22. The second-order valence-corrected chi connectivity index (χ2v) is 8.06. The molecule has 19 heavy (non-hydrogen) atoms. The van der Waals surface area contributed by atoms with Gasteiger partial charge in [-0.15, -0.1) is 0 Å². The van der Waals surface area contributed by atoms with Gasteiger partial charge in [0.2, 0.25) is 15.9 Å². The highest BCUT2D eigenvalue weighted by molar-refractivity contribution is 7.89. The van der Waals surface area contributed by atoms with E-state index in [1.165, 1.54) is 18.4 Å². The van der Waals surface area contributed by atoms with Crippen LogP contribution in [0.1, 0.15) is 19.3 Å². The maximum absolute atomic E-state index is 12.0. The maximum Gasteiger partial charge on any atom is 0.223 e. The lowest BCUT2D eigenvalue weighted by molar-refractivity contribution is -0.123. The molecule has 1 saturated carbocycles. The fraction of sp³-hybridized carbons (Fsp3) is 0.917. The number of piperidine rings is 1. The van der Waals surface area contributed by atoms with E-state index in [0.717, 1.165) is 32.4 Å². The summed E-state index contributed by atoms with van der Waals surface area (Å²) < 4.78 is 24.3. The molecular weight excluding hydrogens is 266 g/mol. The van der Waals surface area contributed by atoms with E-state index in [1.807, 2.05) is 0 Å². The molecule has 1 atom stereocenters. The van der Waals surface area contributed by atoms with Crippen molar-refractivity contribution >= 4 is 15.9 Å². The highest BCUT2D eigenvalue weighted by atomic mass is 32.2. The molecule has 2 N–H and O–H groups in total. The Kier molecular flexibility index (Phi) is 4.17. The smallest absolute Gasteiger partial charge is 0.223 e. The molecule has 110 valence electrons. The van der Waals surface area contributed by atoms with E-state index in [1.54, 1.807) is 0 Å². The SMILES string of the molecule is CN(C)S(=O)(=O)CCNC(=O)C1CC12CCNCC2. The monoisotopic (exact) mass is 289 g/mol. The minimum Gasteiger partial charge on any atom is -0.355 e. The molecule has 0 aromatic heterocycles. The van der Waals surface area contributed by atoms with Gasteiger partial charge in [-0.3, -0.25) is 4.79 Å². The highest BCUT2D eigenvalue weighted by Crippen LogP contribution is 2.58. The third kappa shape index (κ3) is 3.27. The Labute approximate surface area is 115 Å². The van der Waals surface area contributed by atoms with Crippen LogP contribution >= 0.6 is 0 Å². The second-order valence-electron chi connectivity index (χ2n) is 5.76. The summed E-state index contributed by atoms with van der Waals surface area (Å²) in [5, 5.41) is 6.06. The first-order chi connectivity index (χ1) is 8.87. The number of amides is 1. The normalized spacial score (nSPS) is 25.5. The molecule has 1 aliphatic carbocycles. The van der Waals surface area contributed by atoms with E-state index >= 15 is 0 Å². The molecule has 1 unspecified atom stereocenters. The average Bonchev–Trinajstić information content (AvgIpc) is 3.03. The number of hydrogen-bond acceptors (Lipinski definition) is 4. The Morgan fingerprint density at radius 2 is 2.00 bits per heavy atom. The van der Waals surface area contributed by atoms with Crippen molar-refractivity contribution in [2.45, 2.75) is 19.3 Å². The standard InChI is InChI=1S/C12H23N3O3S/c1-15(2)19(17,18)8-7-14-11(16)10-9-12(10)3-5-13-6-4-12/h10,13H,3-9H2,1-2H3,(H,14,16). The van der Waals surface area contributed by atoms with Crippen molar-refractivity contribution in [1.29, 1.82) is 0 Å². The van der Waals surface area contributed by atoms with Gasteiger partial charge in [-0.2, -0.15) is 0 Å². The van der Waals surface area contributed by atoms with Gasteiger partial charge in [0, 0.05) is 26.6 Å². The number of hydrogen-bond donors (Lipinski definition) is 2. The van der Waals surface area contributed by atoms with Crippen LogP contribution in [-0.2, 0) is 14.8 Å². The van der Waals surface area contributed by atoms with Crippen molar-refractivity contribution < 1.29 is 13.2 Å². The Hall–Kier alpha value is -0.660. The molecular formula is C12H23N3O3S. The van der Waals surface area contributed by atoms with Crippen molar-refractivity contribution in [1.82, 2.24) is 14.9 Å². The fourth-order valence-corrected chi connectivity index (χ4v) is 3.53. The van der Waals surface area contributed by atoms with Crippen molar-refractivity contribution in [3.63, 3.8) is 0 Å². The molecule has 1 amide bonds. The molecule has 1 spiro atoms. The predicted molar refractivity (Wildman–Crippen MR) is 73.1 cm³/mol. The van der Waals surface area contributed by atoms with Crippen LogP contribution in [0.2, 0.25) is 0 Å². The summed E-state index contributed by atoms with van der Waals surface area (Å²) in [5.74, 6) is 0.0834. The van der Waals surface area contributed by atoms with Gasteiger partial charge in [-0.25, -0.2) is 12.7 Å². The van der Waals surface area contributed by atoms with Gasteiger partial charge >= 0.3 is 0 Å². The van der Waals surface area contributed by atoms with Crippen LogP contribution in [0.5, 0.6) is 0 Å². The van der Waals surface area contributed by atoms with Gasteiger partial charge in [0.15, 0.2) is 0 Å². The lowest BCUT2D eigenvalue weighted by atomic mass is 9.92. The molecule has 1 saturated heterocycles. The minimum absolute atomic E-state index is 0.0239. The summed E-state index contributed by atoms with van der Waals surface area (Å²) in [5.41, 5.74) is 0.204. The molecule has 0 radical (unpaired) electrons. The van der Waals surface area contributed by atoms with Crippen molar-refractivity contribution in [2.75, 3.05) is 39.5 Å². The van der Waals surface area contributed by atoms with Gasteiger partial charge in [-0.1, -0.05) is 0 Å². The van der Waals surface area contributed by atoms with Crippen molar-refractivity contribution in [3.8, 4) is 0 Å². The quantitative estimate of drug-likeness (QED) is 0.707. The second kappa shape index (κ2) is 5.38. The molecule has 6 nitrogen and oxygen atoms in total. The molecule has 1 heterocycles. The summed E-state index contributed by atoms with van der Waals surface area (Å²) in [6.45, 7) is 2.17. The summed E-state index contributed by atoms with van der Waals surface area (Å²) in [6.07, 6.45) is 3.07. The van der Waals surface area contributed by atoms with E-state index in [0.29, 0.717) is 0 Å². The van der Waals surface area contributed by atoms with E-state index < -0.39 is 10.0 Å². The molecule has 1 aliphatic heterocycles. The number of carbonyl (C=O) groups excluding carboxylic acids is 1. The van der Waals surface area contributed by atoms with Gasteiger partial charge in [0.1, 0.15) is 0 Å².